The van der Waals surface area contributed by atoms with Gasteiger partial charge in [0.05, 0.1) is 28.7 Å². The molecule has 0 unspecified atom stereocenters. The molecule has 0 saturated carbocycles. The maximum Gasteiger partial charge on any atom is 0.299 e. The number of para-hydroxylation sites is 1. The number of nitrogens with zero attached hydrogens (tertiary/aromatic N) is 4. The smallest absolute Gasteiger partial charge is 0.299 e. The predicted molar refractivity (Wildman–Crippen MR) is 100 cm³/mol. The highest BCUT2D eigenvalue weighted by Crippen LogP contribution is 2.32. The number of carbonyl (C=O) groups excluding carboxylic acids is 1. The summed E-state index contributed by atoms with van der Waals surface area (Å²) in [6, 6.07) is 13.3. The van der Waals surface area contributed by atoms with Crippen LogP contribution in [0, 0.1) is 0 Å². The van der Waals surface area contributed by atoms with Crippen LogP contribution in [-0.4, -0.2) is 21.0 Å². The summed E-state index contributed by atoms with van der Waals surface area (Å²) >= 11 is 1.48. The Hall–Kier alpha value is -3.06. The number of fused-ring (bicyclic) bond motifs is 1. The van der Waals surface area contributed by atoms with Crippen molar-refractivity contribution in [3.8, 4) is 0 Å². The number of hydrogen-bond donors (Lipinski definition) is 0. The van der Waals surface area contributed by atoms with Crippen molar-refractivity contribution < 1.29 is 9.32 Å². The molecule has 26 heavy (non-hydrogen) atoms. The molecule has 4 rings (SSSR count). The largest absolute Gasteiger partial charge is 0.351 e. The Bertz CT molecular complexity index is 1030. The van der Waals surface area contributed by atoms with Crippen molar-refractivity contribution in [1.82, 2.24) is 15.1 Å². The summed E-state index contributed by atoms with van der Waals surface area (Å²) in [5, 5.41) is 4.26. The minimum absolute atomic E-state index is 0.177. The van der Waals surface area contributed by atoms with Crippen molar-refractivity contribution in [2.45, 2.75) is 19.9 Å². The van der Waals surface area contributed by atoms with Crippen LogP contribution in [0.3, 0.4) is 0 Å². The molecule has 0 N–H and O–H groups in total. The summed E-state index contributed by atoms with van der Waals surface area (Å²) in [6.07, 6.45) is 4.05. The molecule has 0 bridgehead atoms. The molecule has 0 aliphatic carbocycles. The number of rotatable bonds is 5. The lowest BCUT2D eigenvalue weighted by Gasteiger charge is -2.17. The van der Waals surface area contributed by atoms with E-state index in [0.717, 1.165) is 27.9 Å². The molecule has 6 nitrogen and oxygen atoms in total. The molecule has 0 spiro atoms. The Balaban J connectivity index is 1.78. The zero-order chi connectivity index (χ0) is 17.9. The van der Waals surface area contributed by atoms with Crippen molar-refractivity contribution in [3.63, 3.8) is 0 Å². The molecule has 3 heterocycles. The number of anilines is 1. The fourth-order valence-corrected chi connectivity index (χ4v) is 3.74. The Morgan fingerprint density at radius 3 is 2.81 bits per heavy atom. The number of amides is 1. The van der Waals surface area contributed by atoms with E-state index in [0.29, 0.717) is 11.7 Å². The summed E-state index contributed by atoms with van der Waals surface area (Å²) in [4.78, 5) is 23.6. The van der Waals surface area contributed by atoms with Crippen LogP contribution in [0.2, 0.25) is 0 Å². The van der Waals surface area contributed by atoms with Crippen molar-refractivity contribution in [1.29, 1.82) is 0 Å². The lowest BCUT2D eigenvalue weighted by molar-refractivity contribution is 0.0949. The number of carbonyl (C=O) groups is 1. The van der Waals surface area contributed by atoms with E-state index >= 15 is 0 Å². The molecule has 0 fully saturated rings. The van der Waals surface area contributed by atoms with Gasteiger partial charge in [-0.2, -0.15) is 0 Å². The average Bonchev–Trinajstić information content (AvgIpc) is 3.35. The average molecular weight is 364 g/mol. The van der Waals surface area contributed by atoms with Crippen LogP contribution in [0.1, 0.15) is 28.7 Å². The Morgan fingerprint density at radius 1 is 1.15 bits per heavy atom. The van der Waals surface area contributed by atoms with Gasteiger partial charge in [0.15, 0.2) is 5.13 Å². The first-order valence-electron chi connectivity index (χ1n) is 8.27. The normalized spacial score (nSPS) is 11.0. The lowest BCUT2D eigenvalue weighted by atomic mass is 10.1. The van der Waals surface area contributed by atoms with E-state index in [9.17, 15) is 4.79 Å². The Morgan fingerprint density at radius 2 is 2.08 bits per heavy atom. The highest BCUT2D eigenvalue weighted by atomic mass is 32.1. The molecule has 7 heteroatoms. The van der Waals surface area contributed by atoms with E-state index in [1.165, 1.54) is 17.5 Å². The van der Waals surface area contributed by atoms with E-state index in [4.69, 9.17) is 9.51 Å². The van der Waals surface area contributed by atoms with E-state index in [-0.39, 0.29) is 11.7 Å². The van der Waals surface area contributed by atoms with Crippen molar-refractivity contribution >= 4 is 32.6 Å². The maximum atomic E-state index is 13.0. The standard InChI is InChI=1S/C19H16N4O2S/c1-2-13-6-5-8-16-17(13)22-19(26-16)23(12-14-7-3-4-10-20-14)18(24)15-9-11-21-25-15/h3-11H,2,12H2,1H3. The summed E-state index contributed by atoms with van der Waals surface area (Å²) in [5.41, 5.74) is 2.87. The minimum atomic E-state index is -0.287. The minimum Gasteiger partial charge on any atom is -0.351 e. The summed E-state index contributed by atoms with van der Waals surface area (Å²) < 4.78 is 6.12. The molecule has 1 amide bonds. The van der Waals surface area contributed by atoms with Gasteiger partial charge in [-0.25, -0.2) is 4.98 Å². The van der Waals surface area contributed by atoms with Crippen LogP contribution in [0.25, 0.3) is 10.2 Å². The molecular weight excluding hydrogens is 348 g/mol. The van der Waals surface area contributed by atoms with E-state index in [2.05, 4.69) is 23.1 Å². The number of thiazole rings is 1. The molecule has 3 aromatic heterocycles. The van der Waals surface area contributed by atoms with Crippen molar-refractivity contribution in [3.05, 3.63) is 71.9 Å². The first kappa shape index (κ1) is 16.4. The quantitative estimate of drug-likeness (QED) is 0.533. The highest BCUT2D eigenvalue weighted by molar-refractivity contribution is 7.22. The molecule has 0 saturated heterocycles. The third-order valence-electron chi connectivity index (χ3n) is 4.04. The Kier molecular flexibility index (Phi) is 4.45. The van der Waals surface area contributed by atoms with Gasteiger partial charge in [0, 0.05) is 12.3 Å². The second kappa shape index (κ2) is 7.05. The van der Waals surface area contributed by atoms with Gasteiger partial charge in [-0.3, -0.25) is 14.7 Å². The first-order valence-corrected chi connectivity index (χ1v) is 9.09. The van der Waals surface area contributed by atoms with E-state index in [1.54, 1.807) is 17.2 Å². The van der Waals surface area contributed by atoms with Crippen LogP contribution in [0.4, 0.5) is 5.13 Å². The lowest BCUT2D eigenvalue weighted by Crippen LogP contribution is -2.30. The SMILES string of the molecule is CCc1cccc2sc(N(Cc3ccccn3)C(=O)c3ccno3)nc12. The number of aromatic nitrogens is 3. The zero-order valence-electron chi connectivity index (χ0n) is 14.1. The molecule has 4 aromatic rings. The number of aryl methyl sites for hydroxylation is 1. The highest BCUT2D eigenvalue weighted by Gasteiger charge is 2.25. The van der Waals surface area contributed by atoms with Crippen LogP contribution < -0.4 is 4.90 Å². The van der Waals surface area contributed by atoms with E-state index < -0.39 is 0 Å². The number of benzene rings is 1. The molecule has 1 aromatic carbocycles. The molecular formula is C19H16N4O2S. The maximum absolute atomic E-state index is 13.0. The fraction of sp³-hybridized carbons (Fsp3) is 0.158. The molecule has 0 aliphatic heterocycles. The van der Waals surface area contributed by atoms with Gasteiger partial charge in [-0.05, 0) is 30.2 Å². The molecule has 0 radical (unpaired) electrons. The second-order valence-electron chi connectivity index (χ2n) is 5.70. The summed E-state index contributed by atoms with van der Waals surface area (Å²) in [7, 11) is 0. The third kappa shape index (κ3) is 3.09. The summed E-state index contributed by atoms with van der Waals surface area (Å²) in [5.74, 6) is -0.110. The van der Waals surface area contributed by atoms with Gasteiger partial charge in [0.1, 0.15) is 0 Å². The van der Waals surface area contributed by atoms with Crippen molar-refractivity contribution in [2.75, 3.05) is 4.90 Å². The predicted octanol–water partition coefficient (Wildman–Crippen LogP) is 4.09. The summed E-state index contributed by atoms with van der Waals surface area (Å²) in [6.45, 7) is 2.40. The third-order valence-corrected chi connectivity index (χ3v) is 5.09. The number of pyridine rings is 1. The number of hydrogen-bond acceptors (Lipinski definition) is 6. The van der Waals surface area contributed by atoms with Gasteiger partial charge in [-0.1, -0.05) is 41.6 Å². The van der Waals surface area contributed by atoms with Gasteiger partial charge in [0.25, 0.3) is 5.91 Å². The molecule has 0 aliphatic rings. The van der Waals surface area contributed by atoms with Gasteiger partial charge < -0.3 is 4.52 Å². The van der Waals surface area contributed by atoms with Crippen LogP contribution in [0.15, 0.2) is 59.4 Å². The zero-order valence-corrected chi connectivity index (χ0v) is 14.9. The Labute approximate surface area is 154 Å². The second-order valence-corrected chi connectivity index (χ2v) is 6.71. The van der Waals surface area contributed by atoms with Gasteiger partial charge in [0.2, 0.25) is 5.76 Å². The van der Waals surface area contributed by atoms with Crippen LogP contribution >= 0.6 is 11.3 Å². The van der Waals surface area contributed by atoms with Gasteiger partial charge >= 0.3 is 0 Å². The van der Waals surface area contributed by atoms with Gasteiger partial charge in [-0.15, -0.1) is 0 Å². The monoisotopic (exact) mass is 364 g/mol. The van der Waals surface area contributed by atoms with Crippen molar-refractivity contribution in [2.24, 2.45) is 0 Å². The molecule has 0 atom stereocenters. The fourth-order valence-electron chi connectivity index (χ4n) is 2.73. The molecule has 130 valence electrons. The van der Waals surface area contributed by atoms with E-state index in [1.807, 2.05) is 30.3 Å². The van der Waals surface area contributed by atoms with Crippen LogP contribution in [0.5, 0.6) is 0 Å². The topological polar surface area (TPSA) is 72.1 Å². The van der Waals surface area contributed by atoms with Crippen LogP contribution in [-0.2, 0) is 13.0 Å². The first-order chi connectivity index (χ1) is 12.8.